The SMILES string of the molecule is O=C(CCN1C(=O)S/C(=C\c2cccc(F)c2)C1=O)Nc1ccc(O)c(C(=O)O)c1. The molecule has 1 aliphatic heterocycles. The molecule has 3 rings (SSSR count). The molecule has 1 saturated heterocycles. The van der Waals surface area contributed by atoms with Crippen LogP contribution in [0.2, 0.25) is 0 Å². The van der Waals surface area contributed by atoms with E-state index in [9.17, 15) is 28.7 Å². The predicted molar refractivity (Wildman–Crippen MR) is 107 cm³/mol. The molecule has 0 aliphatic carbocycles. The first-order valence-corrected chi connectivity index (χ1v) is 9.43. The molecule has 30 heavy (non-hydrogen) atoms. The van der Waals surface area contributed by atoms with E-state index >= 15 is 0 Å². The summed E-state index contributed by atoms with van der Waals surface area (Å²) in [4.78, 5) is 48.7. The van der Waals surface area contributed by atoms with Gasteiger partial charge in [0, 0.05) is 18.7 Å². The number of carbonyl (C=O) groups excluding carboxylic acids is 3. The van der Waals surface area contributed by atoms with Gasteiger partial charge in [-0.15, -0.1) is 0 Å². The molecule has 10 heteroatoms. The molecule has 8 nitrogen and oxygen atoms in total. The summed E-state index contributed by atoms with van der Waals surface area (Å²) < 4.78 is 13.3. The zero-order chi connectivity index (χ0) is 21.8. The van der Waals surface area contributed by atoms with E-state index in [2.05, 4.69) is 5.32 Å². The van der Waals surface area contributed by atoms with Crippen molar-refractivity contribution < 1.29 is 33.8 Å². The van der Waals surface area contributed by atoms with E-state index in [1.165, 1.54) is 30.3 Å². The van der Waals surface area contributed by atoms with Gasteiger partial charge in [-0.1, -0.05) is 12.1 Å². The Labute approximate surface area is 174 Å². The molecule has 1 heterocycles. The summed E-state index contributed by atoms with van der Waals surface area (Å²) in [6.07, 6.45) is 1.19. The minimum absolute atomic E-state index is 0.121. The van der Waals surface area contributed by atoms with Crippen molar-refractivity contribution in [1.29, 1.82) is 0 Å². The van der Waals surface area contributed by atoms with Gasteiger partial charge in [0.15, 0.2) is 0 Å². The molecule has 154 valence electrons. The summed E-state index contributed by atoms with van der Waals surface area (Å²) in [7, 11) is 0. The summed E-state index contributed by atoms with van der Waals surface area (Å²) in [6.45, 7) is -0.180. The van der Waals surface area contributed by atoms with Crippen molar-refractivity contribution in [1.82, 2.24) is 4.90 Å². The van der Waals surface area contributed by atoms with E-state index in [-0.39, 0.29) is 29.1 Å². The van der Waals surface area contributed by atoms with Crippen LogP contribution in [0.1, 0.15) is 22.3 Å². The number of phenols is 1. The first-order chi connectivity index (χ1) is 14.2. The van der Waals surface area contributed by atoms with Crippen LogP contribution >= 0.6 is 11.8 Å². The highest BCUT2D eigenvalue weighted by Gasteiger charge is 2.35. The number of aromatic hydroxyl groups is 1. The standard InChI is InChI=1S/C20H15FN2O6S/c21-12-3-1-2-11(8-12)9-16-18(26)23(20(29)30-16)7-6-17(25)22-13-4-5-15(24)14(10-13)19(27)28/h1-5,8-10,24H,6-7H2,(H,22,25)(H,27,28)/b16-9-. The molecule has 2 aromatic rings. The number of carbonyl (C=O) groups is 4. The summed E-state index contributed by atoms with van der Waals surface area (Å²) in [5.41, 5.74) is 0.205. The van der Waals surface area contributed by atoms with Crippen LogP contribution in [0.25, 0.3) is 6.08 Å². The van der Waals surface area contributed by atoms with Crippen LogP contribution in [0.3, 0.4) is 0 Å². The van der Waals surface area contributed by atoms with Crippen LogP contribution in [0.15, 0.2) is 47.4 Å². The summed E-state index contributed by atoms with van der Waals surface area (Å²) in [6, 6.07) is 9.10. The third-order valence-corrected chi connectivity index (χ3v) is 5.00. The van der Waals surface area contributed by atoms with Crippen LogP contribution in [0, 0.1) is 5.82 Å². The van der Waals surface area contributed by atoms with E-state index in [4.69, 9.17) is 5.11 Å². The Morgan fingerprint density at radius 2 is 1.93 bits per heavy atom. The molecule has 0 unspecified atom stereocenters. The number of benzene rings is 2. The highest BCUT2D eigenvalue weighted by Crippen LogP contribution is 2.32. The van der Waals surface area contributed by atoms with E-state index in [0.29, 0.717) is 17.3 Å². The molecule has 0 aromatic heterocycles. The van der Waals surface area contributed by atoms with Gasteiger partial charge in [-0.3, -0.25) is 19.3 Å². The third kappa shape index (κ3) is 4.84. The number of imide groups is 1. The van der Waals surface area contributed by atoms with Crippen molar-refractivity contribution in [2.45, 2.75) is 6.42 Å². The minimum Gasteiger partial charge on any atom is -0.507 e. The van der Waals surface area contributed by atoms with Crippen LogP contribution < -0.4 is 5.32 Å². The number of hydrogen-bond acceptors (Lipinski definition) is 6. The molecule has 1 aliphatic rings. The van der Waals surface area contributed by atoms with Gasteiger partial charge >= 0.3 is 5.97 Å². The number of rotatable bonds is 6. The van der Waals surface area contributed by atoms with Gasteiger partial charge in [-0.05, 0) is 53.7 Å². The van der Waals surface area contributed by atoms with Gasteiger partial charge in [0.1, 0.15) is 17.1 Å². The quantitative estimate of drug-likeness (QED) is 0.474. The molecular weight excluding hydrogens is 415 g/mol. The fourth-order valence-electron chi connectivity index (χ4n) is 2.66. The van der Waals surface area contributed by atoms with Crippen molar-refractivity contribution in [2.75, 3.05) is 11.9 Å². The highest BCUT2D eigenvalue weighted by molar-refractivity contribution is 8.18. The Kier molecular flexibility index (Phi) is 6.17. The van der Waals surface area contributed by atoms with E-state index in [1.807, 2.05) is 0 Å². The Morgan fingerprint density at radius 3 is 2.63 bits per heavy atom. The number of aromatic carboxylic acids is 1. The topological polar surface area (TPSA) is 124 Å². The maximum atomic E-state index is 13.3. The normalized spacial score (nSPS) is 15.0. The molecule has 0 atom stereocenters. The maximum Gasteiger partial charge on any atom is 0.339 e. The van der Waals surface area contributed by atoms with Crippen molar-refractivity contribution in [3.8, 4) is 5.75 Å². The predicted octanol–water partition coefficient (Wildman–Crippen LogP) is 3.29. The average Bonchev–Trinajstić information content (AvgIpc) is 2.94. The zero-order valence-electron chi connectivity index (χ0n) is 15.3. The third-order valence-electron chi connectivity index (χ3n) is 4.09. The second-order valence-corrected chi connectivity index (χ2v) is 7.22. The molecule has 3 N–H and O–H groups in total. The summed E-state index contributed by atoms with van der Waals surface area (Å²) in [5, 5.41) is 20.4. The first kappa shape index (κ1) is 21.1. The van der Waals surface area contributed by atoms with Crippen molar-refractivity contribution in [3.05, 3.63) is 64.3 Å². The summed E-state index contributed by atoms with van der Waals surface area (Å²) in [5.74, 6) is -3.40. The lowest BCUT2D eigenvalue weighted by Crippen LogP contribution is -2.31. The number of amides is 3. The van der Waals surface area contributed by atoms with E-state index in [0.717, 1.165) is 17.0 Å². The number of nitrogens with one attached hydrogen (secondary N) is 1. The largest absolute Gasteiger partial charge is 0.507 e. The highest BCUT2D eigenvalue weighted by atomic mass is 32.2. The smallest absolute Gasteiger partial charge is 0.339 e. The first-order valence-electron chi connectivity index (χ1n) is 8.61. The molecule has 0 bridgehead atoms. The molecule has 2 aromatic carbocycles. The Morgan fingerprint density at radius 1 is 1.17 bits per heavy atom. The number of halogens is 1. The van der Waals surface area contributed by atoms with Crippen LogP contribution in [0.4, 0.5) is 14.9 Å². The van der Waals surface area contributed by atoms with Gasteiger partial charge in [-0.2, -0.15) is 0 Å². The van der Waals surface area contributed by atoms with Gasteiger partial charge in [0.2, 0.25) is 5.91 Å². The lowest BCUT2D eigenvalue weighted by atomic mass is 10.1. The molecule has 0 saturated carbocycles. The lowest BCUT2D eigenvalue weighted by molar-refractivity contribution is -0.123. The van der Waals surface area contributed by atoms with Crippen molar-refractivity contribution in [3.63, 3.8) is 0 Å². The zero-order valence-corrected chi connectivity index (χ0v) is 16.1. The number of anilines is 1. The van der Waals surface area contributed by atoms with E-state index < -0.39 is 34.6 Å². The molecule has 1 fully saturated rings. The van der Waals surface area contributed by atoms with Gasteiger partial charge in [0.25, 0.3) is 11.1 Å². The number of carboxylic acids is 1. The van der Waals surface area contributed by atoms with Gasteiger partial charge < -0.3 is 15.5 Å². The van der Waals surface area contributed by atoms with E-state index in [1.54, 1.807) is 6.07 Å². The maximum absolute atomic E-state index is 13.3. The molecule has 3 amide bonds. The Balaban J connectivity index is 1.62. The van der Waals surface area contributed by atoms with Crippen molar-refractivity contribution in [2.24, 2.45) is 0 Å². The van der Waals surface area contributed by atoms with Crippen molar-refractivity contribution >= 4 is 46.5 Å². The number of thioether (sulfide) groups is 1. The minimum atomic E-state index is -1.36. The Bertz CT molecular complexity index is 1080. The number of carboxylic acid groups (broad SMARTS) is 1. The fourth-order valence-corrected chi connectivity index (χ4v) is 3.53. The van der Waals surface area contributed by atoms with Crippen LogP contribution in [-0.4, -0.2) is 44.7 Å². The summed E-state index contributed by atoms with van der Waals surface area (Å²) >= 11 is 0.696. The molecule has 0 radical (unpaired) electrons. The number of nitrogens with zero attached hydrogens (tertiary/aromatic N) is 1. The Hall–Kier alpha value is -3.66. The monoisotopic (exact) mass is 430 g/mol. The fraction of sp³-hybridized carbons (Fsp3) is 0.100. The molecule has 0 spiro atoms. The number of hydrogen-bond donors (Lipinski definition) is 3. The van der Waals surface area contributed by atoms with Crippen LogP contribution in [-0.2, 0) is 9.59 Å². The average molecular weight is 430 g/mol. The second kappa shape index (κ2) is 8.78. The second-order valence-electron chi connectivity index (χ2n) is 6.22. The molecular formula is C20H15FN2O6S. The lowest BCUT2D eigenvalue weighted by Gasteiger charge is -2.12. The van der Waals surface area contributed by atoms with Gasteiger partial charge in [0.05, 0.1) is 4.91 Å². The van der Waals surface area contributed by atoms with Gasteiger partial charge in [-0.25, -0.2) is 9.18 Å². The van der Waals surface area contributed by atoms with Crippen LogP contribution in [0.5, 0.6) is 5.75 Å².